The Bertz CT molecular complexity index is 2800. The summed E-state index contributed by atoms with van der Waals surface area (Å²) < 4.78 is 18.0. The van der Waals surface area contributed by atoms with Crippen molar-refractivity contribution in [2.45, 2.75) is 283 Å². The molecule has 1 aliphatic carbocycles. The number of rotatable bonds is 13. The van der Waals surface area contributed by atoms with Gasteiger partial charge in [-0.2, -0.15) is 30.6 Å². The van der Waals surface area contributed by atoms with Gasteiger partial charge in [-0.15, -0.1) is 0 Å². The van der Waals surface area contributed by atoms with E-state index < -0.39 is 0 Å². The van der Waals surface area contributed by atoms with E-state index in [9.17, 15) is 0 Å². The summed E-state index contributed by atoms with van der Waals surface area (Å²) in [6.45, 7) is 51.6. The number of fused-ring (bicyclic) bond motifs is 1. The number of ether oxygens (including phenoxy) is 1. The molecular formula is C70H116N12O. The second-order valence-corrected chi connectivity index (χ2v) is 25.7. The molecule has 1 saturated carbocycles. The van der Waals surface area contributed by atoms with E-state index in [0.717, 1.165) is 58.0 Å². The van der Waals surface area contributed by atoms with Crippen LogP contribution in [0.3, 0.4) is 0 Å². The fourth-order valence-electron chi connectivity index (χ4n) is 10.00. The first-order chi connectivity index (χ1) is 39.3. The fraction of sp³-hybridized carbons (Fsp3) is 0.657. The normalized spacial score (nSPS) is 14.1. The van der Waals surface area contributed by atoms with Crippen LogP contribution in [0.15, 0.2) is 66.9 Å². The Labute approximate surface area is 504 Å². The van der Waals surface area contributed by atoms with E-state index in [1.54, 1.807) is 0 Å². The summed E-state index contributed by atoms with van der Waals surface area (Å²) in [4.78, 5) is 0. The smallest absolute Gasteiger partial charge is 0.0679 e. The molecule has 0 spiro atoms. The first-order valence-corrected chi connectivity index (χ1v) is 32.3. The topological polar surface area (TPSA) is 116 Å². The molecular weight excluding hydrogens is 1020 g/mol. The van der Waals surface area contributed by atoms with Crippen molar-refractivity contribution in [1.82, 2.24) is 58.7 Å². The third-order valence-electron chi connectivity index (χ3n) is 15.6. The molecule has 0 amide bonds. The molecule has 1 aromatic carbocycles. The van der Waals surface area contributed by atoms with Crippen molar-refractivity contribution >= 4 is 0 Å². The van der Waals surface area contributed by atoms with Gasteiger partial charge >= 0.3 is 0 Å². The van der Waals surface area contributed by atoms with Crippen molar-refractivity contribution < 1.29 is 4.74 Å². The Morgan fingerprint density at radius 1 is 0.518 bits per heavy atom. The molecule has 0 bridgehead atoms. The first-order valence-electron chi connectivity index (χ1n) is 32.3. The molecule has 1 saturated heterocycles. The minimum Gasteiger partial charge on any atom is -0.381 e. The Morgan fingerprint density at radius 3 is 1.46 bits per heavy atom. The summed E-state index contributed by atoms with van der Waals surface area (Å²) in [6, 6.07) is 23.3. The van der Waals surface area contributed by atoms with E-state index in [1.807, 2.05) is 22.5 Å². The van der Waals surface area contributed by atoms with Crippen LogP contribution in [0.5, 0.6) is 0 Å². The largest absolute Gasteiger partial charge is 0.381 e. The van der Waals surface area contributed by atoms with Crippen molar-refractivity contribution in [2.75, 3.05) is 13.2 Å². The Kier molecular flexibility index (Phi) is 29.0. The first kappa shape index (κ1) is 69.9. The van der Waals surface area contributed by atoms with Crippen LogP contribution in [0.1, 0.15) is 303 Å². The number of hydrogen-bond donors (Lipinski definition) is 0. The third kappa shape index (κ3) is 22.1. The van der Waals surface area contributed by atoms with Crippen molar-refractivity contribution in [3.05, 3.63) is 141 Å². The SMILES string of the molecule is CC(C)c1cc2n(n1)CCCC2.CC(C)c1ccccc1.CCc1cc(C(C)C)nn1C.CCc1cc(C(C)C)nn1C1CC1.CCn1nc(C(C)C)cc1C.Cc1cc(C(C)C)nn1C(C)C.Cc1cn(C2CCOCC2)nc1C(C)C. The second kappa shape index (κ2) is 34.4. The lowest BCUT2D eigenvalue weighted by molar-refractivity contribution is 0.0661. The minimum atomic E-state index is 0.470. The standard InChI is InChI=1S/C12H20N2O.C11H18N2.C10H16N2.C10H18N2.2C9H16N2.C9H12/c1-9(2)12-10(3)8-14(13-12)11-4-6-15-7-5-11;1-4-9-7-11(8(2)3)12-13(9)10-5-6-10;1-8(2)10-7-9-5-3-4-6-12(9)11-10;1-7(2)10-6-9(5)12(11-10)8(3)4;1-5-8-6-9(7(2)3)10-11(8)4;1-5-11-8(4)6-9(10-11)7(2)3;1-8(2)9-6-4-3-5-7-9/h8-9,11H,4-7H2,1-3H3;7-8,10H,4-6H2,1-3H3;7-8H,3-6H2,1-2H3;6-8H,1-5H3;2*6-7H,5H2,1-4H3;3-8H,1-2H3. The van der Waals surface area contributed by atoms with Gasteiger partial charge in [0, 0.05) is 74.1 Å². The summed E-state index contributed by atoms with van der Waals surface area (Å²) in [6.07, 6.45) is 13.1. The molecule has 2 aliphatic heterocycles. The highest BCUT2D eigenvalue weighted by Gasteiger charge is 2.27. The molecule has 13 nitrogen and oxygen atoms in total. The predicted molar refractivity (Wildman–Crippen MR) is 349 cm³/mol. The van der Waals surface area contributed by atoms with Gasteiger partial charge in [0.05, 0.1) is 46.2 Å². The Hall–Kier alpha value is -5.56. The molecule has 13 heteroatoms. The molecule has 8 heterocycles. The zero-order valence-electron chi connectivity index (χ0n) is 56.6. The van der Waals surface area contributed by atoms with Crippen LogP contribution in [0.25, 0.3) is 0 Å². The van der Waals surface area contributed by atoms with Crippen LogP contribution in [0.4, 0.5) is 0 Å². The van der Waals surface area contributed by atoms with E-state index in [1.165, 1.54) is 106 Å². The monoisotopic (exact) mass is 1140 g/mol. The molecule has 3 aliphatic rings. The van der Waals surface area contributed by atoms with Gasteiger partial charge in [-0.1, -0.05) is 141 Å². The summed E-state index contributed by atoms with van der Waals surface area (Å²) in [5.41, 5.74) is 16.7. The van der Waals surface area contributed by atoms with E-state index in [0.29, 0.717) is 53.5 Å². The average molecular weight is 1140 g/mol. The summed E-state index contributed by atoms with van der Waals surface area (Å²) in [5, 5.41) is 27.3. The van der Waals surface area contributed by atoms with Gasteiger partial charge in [0.15, 0.2) is 0 Å². The van der Waals surface area contributed by atoms with E-state index in [2.05, 4.69) is 257 Å². The molecule has 2 fully saturated rings. The maximum atomic E-state index is 5.36. The van der Waals surface area contributed by atoms with Gasteiger partial charge in [-0.05, 0) is 182 Å². The number of hydrogen-bond acceptors (Lipinski definition) is 7. The second-order valence-electron chi connectivity index (χ2n) is 25.7. The lowest BCUT2D eigenvalue weighted by Gasteiger charge is -2.22. The van der Waals surface area contributed by atoms with Crippen LogP contribution >= 0.6 is 0 Å². The maximum Gasteiger partial charge on any atom is 0.0679 e. The molecule has 10 rings (SSSR count). The minimum absolute atomic E-state index is 0.470. The molecule has 7 aromatic rings. The van der Waals surface area contributed by atoms with Gasteiger partial charge in [0.2, 0.25) is 0 Å². The molecule has 83 heavy (non-hydrogen) atoms. The predicted octanol–water partition coefficient (Wildman–Crippen LogP) is 18.1. The van der Waals surface area contributed by atoms with Crippen molar-refractivity contribution in [1.29, 1.82) is 0 Å². The highest BCUT2D eigenvalue weighted by atomic mass is 16.5. The van der Waals surface area contributed by atoms with Gasteiger partial charge in [0.1, 0.15) is 0 Å². The fourth-order valence-corrected chi connectivity index (χ4v) is 10.00. The van der Waals surface area contributed by atoms with Crippen molar-refractivity contribution in [3.8, 4) is 0 Å². The van der Waals surface area contributed by atoms with Gasteiger partial charge in [-0.25, -0.2) is 0 Å². The van der Waals surface area contributed by atoms with Gasteiger partial charge in [0.25, 0.3) is 0 Å². The van der Waals surface area contributed by atoms with Gasteiger partial charge in [-0.3, -0.25) is 28.1 Å². The molecule has 0 radical (unpaired) electrons. The quantitative estimate of drug-likeness (QED) is 0.113. The van der Waals surface area contributed by atoms with Gasteiger partial charge < -0.3 is 4.74 Å². The molecule has 0 atom stereocenters. The molecule has 0 unspecified atom stereocenters. The van der Waals surface area contributed by atoms with Crippen LogP contribution in [0, 0.1) is 20.8 Å². The highest BCUT2D eigenvalue weighted by Crippen LogP contribution is 2.36. The Morgan fingerprint density at radius 2 is 1.05 bits per heavy atom. The lowest BCUT2D eigenvalue weighted by Crippen LogP contribution is -2.20. The zero-order chi connectivity index (χ0) is 61.7. The van der Waals surface area contributed by atoms with Crippen LogP contribution < -0.4 is 0 Å². The van der Waals surface area contributed by atoms with E-state index in [4.69, 9.17) is 9.84 Å². The average Bonchev–Trinajstić information content (AvgIpc) is 4.30. The molecule has 462 valence electrons. The lowest BCUT2D eigenvalue weighted by atomic mass is 10.0. The number of aromatic nitrogens is 12. The van der Waals surface area contributed by atoms with E-state index in [-0.39, 0.29) is 0 Å². The number of benzene rings is 1. The summed E-state index contributed by atoms with van der Waals surface area (Å²) in [7, 11) is 2.00. The number of aryl methyl sites for hydroxylation is 9. The summed E-state index contributed by atoms with van der Waals surface area (Å²) >= 11 is 0. The Balaban J connectivity index is 0.000000209. The zero-order valence-corrected chi connectivity index (χ0v) is 56.6. The molecule has 0 N–H and O–H groups in total. The third-order valence-corrected chi connectivity index (χ3v) is 15.6. The van der Waals surface area contributed by atoms with Crippen LogP contribution in [-0.4, -0.2) is 71.9 Å². The van der Waals surface area contributed by atoms with Crippen LogP contribution in [0.2, 0.25) is 0 Å². The molecule has 6 aromatic heterocycles. The highest BCUT2D eigenvalue weighted by molar-refractivity contribution is 5.20. The van der Waals surface area contributed by atoms with Crippen molar-refractivity contribution in [2.24, 2.45) is 7.05 Å². The summed E-state index contributed by atoms with van der Waals surface area (Å²) in [5.74, 6) is 3.93. The number of nitrogens with zero attached hydrogens (tertiary/aromatic N) is 12. The van der Waals surface area contributed by atoms with Crippen molar-refractivity contribution in [3.63, 3.8) is 0 Å². The van der Waals surface area contributed by atoms with E-state index >= 15 is 0 Å². The van der Waals surface area contributed by atoms with Crippen LogP contribution in [-0.2, 0) is 44.1 Å². The maximum absolute atomic E-state index is 5.36.